The second kappa shape index (κ2) is 6.58. The number of aromatic hydroxyl groups is 1. The third-order valence-electron chi connectivity index (χ3n) is 4.12. The fraction of sp³-hybridized carbons (Fsp3) is 0.158. The standard InChI is InChI=1S/C19H16ClN3OS/c1-12-22-19-15(10-21-23(19)11-13-5-3-2-4-6-13)18(25-12)14-7-8-17(24)16(20)9-14/h2-10,18,24H,11H2,1H3/t18-/m1/s1. The molecule has 0 spiro atoms. The van der Waals surface area contributed by atoms with Crippen LogP contribution < -0.4 is 0 Å². The summed E-state index contributed by atoms with van der Waals surface area (Å²) >= 11 is 7.77. The molecule has 4 nitrogen and oxygen atoms in total. The van der Waals surface area contributed by atoms with Crippen LogP contribution in [0.1, 0.15) is 28.9 Å². The number of thioether (sulfide) groups is 1. The number of benzene rings is 2. The van der Waals surface area contributed by atoms with E-state index in [2.05, 4.69) is 17.2 Å². The van der Waals surface area contributed by atoms with Gasteiger partial charge in [-0.25, -0.2) is 9.67 Å². The molecule has 0 saturated carbocycles. The Bertz CT molecular complexity index is 953. The summed E-state index contributed by atoms with van der Waals surface area (Å²) in [5.74, 6) is 0.978. The zero-order valence-electron chi connectivity index (χ0n) is 13.6. The summed E-state index contributed by atoms with van der Waals surface area (Å²) in [5, 5.41) is 15.6. The maximum Gasteiger partial charge on any atom is 0.156 e. The minimum absolute atomic E-state index is 0.0649. The normalized spacial score (nSPS) is 16.4. The van der Waals surface area contributed by atoms with E-state index in [4.69, 9.17) is 16.6 Å². The minimum Gasteiger partial charge on any atom is -0.506 e. The van der Waals surface area contributed by atoms with Crippen LogP contribution in [0.3, 0.4) is 0 Å². The molecule has 1 atom stereocenters. The molecule has 3 aromatic rings. The van der Waals surface area contributed by atoms with Gasteiger partial charge in [0.05, 0.1) is 28.1 Å². The van der Waals surface area contributed by atoms with Crippen LogP contribution in [-0.2, 0) is 6.54 Å². The largest absolute Gasteiger partial charge is 0.506 e. The van der Waals surface area contributed by atoms with E-state index in [0.717, 1.165) is 22.0 Å². The highest BCUT2D eigenvalue weighted by molar-refractivity contribution is 8.14. The number of fused-ring (bicyclic) bond motifs is 1. The lowest BCUT2D eigenvalue weighted by Gasteiger charge is -2.21. The van der Waals surface area contributed by atoms with Crippen LogP contribution in [0.15, 0.2) is 59.7 Å². The van der Waals surface area contributed by atoms with E-state index < -0.39 is 0 Å². The summed E-state index contributed by atoms with van der Waals surface area (Å²) in [6, 6.07) is 15.6. The molecule has 0 saturated heterocycles. The topological polar surface area (TPSA) is 50.4 Å². The molecule has 6 heteroatoms. The van der Waals surface area contributed by atoms with Crippen molar-refractivity contribution in [3.8, 4) is 5.75 Å². The predicted octanol–water partition coefficient (Wildman–Crippen LogP) is 5.18. The molecule has 126 valence electrons. The van der Waals surface area contributed by atoms with E-state index >= 15 is 0 Å². The third kappa shape index (κ3) is 3.17. The average molecular weight is 370 g/mol. The molecule has 0 amide bonds. The molecule has 4 rings (SSSR count). The summed E-state index contributed by atoms with van der Waals surface area (Å²) in [4.78, 5) is 4.72. The smallest absolute Gasteiger partial charge is 0.156 e. The van der Waals surface area contributed by atoms with Crippen LogP contribution in [-0.4, -0.2) is 19.9 Å². The van der Waals surface area contributed by atoms with Gasteiger partial charge in [-0.15, -0.1) is 0 Å². The van der Waals surface area contributed by atoms with Gasteiger partial charge in [-0.05, 0) is 30.2 Å². The zero-order valence-corrected chi connectivity index (χ0v) is 15.1. The summed E-state index contributed by atoms with van der Waals surface area (Å²) < 4.78 is 1.93. The Morgan fingerprint density at radius 2 is 2.00 bits per heavy atom. The van der Waals surface area contributed by atoms with E-state index in [9.17, 15) is 5.11 Å². The summed E-state index contributed by atoms with van der Waals surface area (Å²) in [6.45, 7) is 2.68. The molecule has 0 unspecified atom stereocenters. The molecule has 2 aromatic carbocycles. The SMILES string of the molecule is CC1=Nc2c(cnn2Cc2ccccc2)[C@@H](c2ccc(O)c(Cl)c2)S1. The molecule has 0 fully saturated rings. The maximum absolute atomic E-state index is 9.68. The number of hydrogen-bond acceptors (Lipinski definition) is 4. The molecule has 1 aliphatic rings. The van der Waals surface area contributed by atoms with Crippen LogP contribution in [0, 0.1) is 0 Å². The Kier molecular flexibility index (Phi) is 4.27. The highest BCUT2D eigenvalue weighted by Crippen LogP contribution is 2.46. The van der Waals surface area contributed by atoms with Crippen LogP contribution in [0.25, 0.3) is 0 Å². The number of hydrogen-bond donors (Lipinski definition) is 1. The summed E-state index contributed by atoms with van der Waals surface area (Å²) in [6.07, 6.45) is 1.88. The number of halogens is 1. The third-order valence-corrected chi connectivity index (χ3v) is 5.62. The molecule has 0 aliphatic carbocycles. The number of phenolic OH excluding ortho intramolecular Hbond substituents is 1. The van der Waals surface area contributed by atoms with Crippen molar-refractivity contribution in [3.63, 3.8) is 0 Å². The molecular weight excluding hydrogens is 354 g/mol. The molecule has 1 aromatic heterocycles. The van der Waals surface area contributed by atoms with Gasteiger partial charge >= 0.3 is 0 Å². The van der Waals surface area contributed by atoms with Gasteiger partial charge in [0.25, 0.3) is 0 Å². The molecular formula is C19H16ClN3OS. The Labute approximate surface area is 155 Å². The monoisotopic (exact) mass is 369 g/mol. The molecule has 0 radical (unpaired) electrons. The van der Waals surface area contributed by atoms with Crippen molar-refractivity contribution in [1.29, 1.82) is 0 Å². The van der Waals surface area contributed by atoms with Crippen LogP contribution in [0.5, 0.6) is 5.75 Å². The van der Waals surface area contributed by atoms with Gasteiger partial charge in [-0.1, -0.05) is 59.8 Å². The molecule has 25 heavy (non-hydrogen) atoms. The number of aromatic nitrogens is 2. The summed E-state index contributed by atoms with van der Waals surface area (Å²) in [5.41, 5.74) is 3.28. The van der Waals surface area contributed by atoms with Crippen molar-refractivity contribution in [2.45, 2.75) is 18.7 Å². The highest BCUT2D eigenvalue weighted by atomic mass is 35.5. The Hall–Kier alpha value is -2.24. The number of nitrogens with zero attached hydrogens (tertiary/aromatic N) is 3. The van der Waals surface area contributed by atoms with E-state index in [-0.39, 0.29) is 11.0 Å². The predicted molar refractivity (Wildman–Crippen MR) is 103 cm³/mol. The van der Waals surface area contributed by atoms with Crippen LogP contribution >= 0.6 is 23.4 Å². The van der Waals surface area contributed by atoms with Crippen molar-refractivity contribution < 1.29 is 5.11 Å². The number of phenols is 1. The van der Waals surface area contributed by atoms with Gasteiger partial charge in [0.15, 0.2) is 5.82 Å². The number of aliphatic imine (C=N–C) groups is 1. The van der Waals surface area contributed by atoms with Crippen molar-refractivity contribution in [2.24, 2.45) is 4.99 Å². The van der Waals surface area contributed by atoms with Crippen molar-refractivity contribution in [3.05, 3.63) is 76.4 Å². The lowest BCUT2D eigenvalue weighted by molar-refractivity contribution is 0.475. The summed E-state index contributed by atoms with van der Waals surface area (Å²) in [7, 11) is 0. The second-order valence-electron chi connectivity index (χ2n) is 5.91. The molecule has 2 heterocycles. The number of rotatable bonds is 3. The van der Waals surface area contributed by atoms with Crippen molar-refractivity contribution >= 4 is 34.2 Å². The Balaban J connectivity index is 1.73. The van der Waals surface area contributed by atoms with Gasteiger partial charge in [0, 0.05) is 5.56 Å². The van der Waals surface area contributed by atoms with Crippen LogP contribution in [0.4, 0.5) is 5.82 Å². The first kappa shape index (κ1) is 16.2. The average Bonchev–Trinajstić information content (AvgIpc) is 3.00. The first-order chi connectivity index (χ1) is 12.1. The zero-order chi connectivity index (χ0) is 17.4. The van der Waals surface area contributed by atoms with Crippen molar-refractivity contribution in [2.75, 3.05) is 0 Å². The fourth-order valence-corrected chi connectivity index (χ4v) is 4.16. The van der Waals surface area contributed by atoms with Crippen LogP contribution in [0.2, 0.25) is 5.02 Å². The second-order valence-corrected chi connectivity index (χ2v) is 7.61. The van der Waals surface area contributed by atoms with E-state index in [1.807, 2.05) is 48.1 Å². The first-order valence-electron chi connectivity index (χ1n) is 7.92. The first-order valence-corrected chi connectivity index (χ1v) is 9.17. The Morgan fingerprint density at radius 1 is 1.20 bits per heavy atom. The highest BCUT2D eigenvalue weighted by Gasteiger charge is 2.27. The van der Waals surface area contributed by atoms with E-state index in [1.165, 1.54) is 5.56 Å². The van der Waals surface area contributed by atoms with E-state index in [0.29, 0.717) is 11.6 Å². The fourth-order valence-electron chi connectivity index (χ4n) is 2.92. The maximum atomic E-state index is 9.68. The minimum atomic E-state index is 0.0649. The van der Waals surface area contributed by atoms with Crippen molar-refractivity contribution in [1.82, 2.24) is 9.78 Å². The van der Waals surface area contributed by atoms with Gasteiger partial charge < -0.3 is 5.11 Å². The van der Waals surface area contributed by atoms with Gasteiger partial charge in [-0.2, -0.15) is 5.10 Å². The lowest BCUT2D eigenvalue weighted by atomic mass is 10.1. The molecule has 1 N–H and O–H groups in total. The molecule has 1 aliphatic heterocycles. The lowest BCUT2D eigenvalue weighted by Crippen LogP contribution is -2.07. The Morgan fingerprint density at radius 3 is 2.76 bits per heavy atom. The van der Waals surface area contributed by atoms with Gasteiger partial charge in [0.2, 0.25) is 0 Å². The van der Waals surface area contributed by atoms with Gasteiger partial charge in [0.1, 0.15) is 5.75 Å². The quantitative estimate of drug-likeness (QED) is 0.692. The van der Waals surface area contributed by atoms with Gasteiger partial charge in [-0.3, -0.25) is 0 Å². The van der Waals surface area contributed by atoms with E-state index in [1.54, 1.807) is 17.8 Å². The molecule has 0 bridgehead atoms.